The average Bonchev–Trinajstić information content (AvgIpc) is 1.67. The van der Waals surface area contributed by atoms with Crippen molar-refractivity contribution in [2.75, 3.05) is 0 Å². The molecule has 4 nitrogen and oxygen atoms in total. The van der Waals surface area contributed by atoms with Gasteiger partial charge in [-0.1, -0.05) is 0 Å². The molecule has 0 heterocycles. The van der Waals surface area contributed by atoms with Crippen molar-refractivity contribution in [3.8, 4) is 6.07 Å². The van der Waals surface area contributed by atoms with Crippen LogP contribution >= 0.6 is 0 Å². The number of nitriles is 1. The van der Waals surface area contributed by atoms with Crippen LogP contribution in [0.3, 0.4) is 0 Å². The van der Waals surface area contributed by atoms with Gasteiger partial charge in [0.05, 0.1) is 12.5 Å². The van der Waals surface area contributed by atoms with E-state index in [4.69, 9.17) is 15.6 Å². The summed E-state index contributed by atoms with van der Waals surface area (Å²) in [5, 5.41) is 20.5. The molecule has 0 saturated heterocycles. The standard InChI is InChI=1S/C4H5NO.BH2NO/c1-4(6)2-3-5;2-1-3/h2H2,1H3;2-3H. The Morgan fingerprint density at radius 3 is 2.33 bits per heavy atom. The molecule has 0 atom stereocenters. The van der Waals surface area contributed by atoms with E-state index in [1.807, 2.05) is 0 Å². The minimum atomic E-state index is -0.0718. The van der Waals surface area contributed by atoms with Crippen molar-refractivity contribution in [3.63, 3.8) is 0 Å². The number of nitrogens with zero attached hydrogens (tertiary/aromatic N) is 1. The van der Waals surface area contributed by atoms with Gasteiger partial charge in [0, 0.05) is 0 Å². The van der Waals surface area contributed by atoms with Crippen molar-refractivity contribution in [1.29, 1.82) is 10.6 Å². The number of Topliss-reactive ketones (excluding diaryl/α,β-unsaturated/α-hetero) is 1. The predicted octanol–water partition coefficient (Wildman–Crippen LogP) is -0.151. The van der Waals surface area contributed by atoms with Crippen LogP contribution in [0.1, 0.15) is 13.3 Å². The third-order valence-electron chi connectivity index (χ3n) is 0.328. The molecule has 0 spiro atoms. The molecule has 0 aromatic heterocycles. The summed E-state index contributed by atoms with van der Waals surface area (Å²) in [5.74, 6) is -0.0718. The van der Waals surface area contributed by atoms with E-state index >= 15 is 0 Å². The molecule has 0 unspecified atom stereocenters. The van der Waals surface area contributed by atoms with Gasteiger partial charge >= 0.3 is 17.6 Å². The van der Waals surface area contributed by atoms with Crippen LogP contribution in [0.2, 0.25) is 0 Å². The van der Waals surface area contributed by atoms with Gasteiger partial charge in [-0.25, -0.2) is 0 Å². The number of hydrogen-bond acceptors (Lipinski definition) is 3. The van der Waals surface area contributed by atoms with E-state index in [0.29, 0.717) is 0 Å². The third kappa shape index (κ3) is 47.7. The molecule has 0 aromatic rings. The Bertz CT molecular complexity index is 129. The summed E-state index contributed by atoms with van der Waals surface area (Å²) in [6.07, 6.45) is 0.0417. The Balaban J connectivity index is 0. The molecule has 0 amide bonds. The SMILES string of the molecule is CC(=O)CC#N.N=BO. The maximum atomic E-state index is 9.82. The Hall–Kier alpha value is -1.18. The minimum absolute atomic E-state index is 0.0417. The van der Waals surface area contributed by atoms with Crippen LogP contribution in [-0.4, -0.2) is 18.1 Å². The van der Waals surface area contributed by atoms with Crippen molar-refractivity contribution in [2.24, 2.45) is 0 Å². The van der Waals surface area contributed by atoms with Crippen molar-refractivity contribution in [3.05, 3.63) is 0 Å². The van der Waals surface area contributed by atoms with E-state index in [2.05, 4.69) is 0 Å². The van der Waals surface area contributed by atoms with E-state index in [9.17, 15) is 4.79 Å². The predicted molar refractivity (Wildman–Crippen MR) is 31.6 cm³/mol. The quantitative estimate of drug-likeness (QED) is 0.479. The summed E-state index contributed by atoms with van der Waals surface area (Å²) >= 11 is 0. The van der Waals surface area contributed by atoms with E-state index in [1.54, 1.807) is 6.07 Å². The summed E-state index contributed by atoms with van der Waals surface area (Å²) < 4.78 is 0. The van der Waals surface area contributed by atoms with Gasteiger partial charge in [-0.15, -0.1) is 0 Å². The normalized spacial score (nSPS) is 5.33. The first-order chi connectivity index (χ1) is 4.18. The molecule has 0 aliphatic heterocycles. The summed E-state index contributed by atoms with van der Waals surface area (Å²) in [5.41, 5.74) is 0. The summed E-state index contributed by atoms with van der Waals surface area (Å²) in [6.45, 7) is 1.39. The first-order valence-corrected chi connectivity index (χ1v) is 2.18. The third-order valence-corrected chi connectivity index (χ3v) is 0.328. The van der Waals surface area contributed by atoms with Gasteiger partial charge in [-0.2, -0.15) is 5.26 Å². The van der Waals surface area contributed by atoms with Crippen molar-refractivity contribution in [1.82, 2.24) is 0 Å². The number of hydrogen-bond donors (Lipinski definition) is 2. The molecule has 2 N–H and O–H groups in total. The zero-order valence-corrected chi connectivity index (χ0v) is 5.09. The van der Waals surface area contributed by atoms with Gasteiger partial charge in [0.25, 0.3) is 0 Å². The fraction of sp³-hybridized carbons (Fsp3) is 0.500. The molecule has 48 valence electrons. The maximum absolute atomic E-state index is 9.82. The van der Waals surface area contributed by atoms with Crippen molar-refractivity contribution in [2.45, 2.75) is 13.3 Å². The van der Waals surface area contributed by atoms with Gasteiger partial charge in [0.1, 0.15) is 5.78 Å². The topological polar surface area (TPSA) is 84.9 Å². The van der Waals surface area contributed by atoms with Gasteiger partial charge in [0.2, 0.25) is 0 Å². The molecule has 5 heteroatoms. The summed E-state index contributed by atoms with van der Waals surface area (Å²) in [7, 11) is 0.250. The molecule has 9 heavy (non-hydrogen) atoms. The van der Waals surface area contributed by atoms with E-state index in [0.717, 1.165) is 0 Å². The second-order valence-electron chi connectivity index (χ2n) is 1.17. The number of carbonyl (C=O) groups excluding carboxylic acids is 1. The molecule has 0 aromatic carbocycles. The molecule has 0 saturated carbocycles. The molecule has 0 aliphatic carbocycles. The van der Waals surface area contributed by atoms with E-state index < -0.39 is 0 Å². The van der Waals surface area contributed by atoms with Crippen molar-refractivity contribution >= 4 is 13.1 Å². The van der Waals surface area contributed by atoms with E-state index in [1.165, 1.54) is 6.92 Å². The van der Waals surface area contributed by atoms with Crippen LogP contribution in [0.5, 0.6) is 0 Å². The first-order valence-electron chi connectivity index (χ1n) is 2.18. The van der Waals surface area contributed by atoms with Crippen LogP contribution in [-0.2, 0) is 4.79 Å². The molecular formula is C4H7BN2O2. The Morgan fingerprint density at radius 1 is 2.00 bits per heavy atom. The van der Waals surface area contributed by atoms with Gasteiger partial charge in [-0.3, -0.25) is 4.79 Å². The fourth-order valence-corrected chi connectivity index (χ4v) is 0.111. The average molecular weight is 126 g/mol. The molecular weight excluding hydrogens is 119 g/mol. The van der Waals surface area contributed by atoms with Gasteiger partial charge in [0.15, 0.2) is 0 Å². The van der Waals surface area contributed by atoms with Crippen LogP contribution in [0.25, 0.3) is 0 Å². The molecule has 0 fully saturated rings. The Kier molecular flexibility index (Phi) is 11.9. The monoisotopic (exact) mass is 126 g/mol. The first kappa shape index (κ1) is 10.7. The van der Waals surface area contributed by atoms with Crippen molar-refractivity contribution < 1.29 is 9.82 Å². The second-order valence-corrected chi connectivity index (χ2v) is 1.17. The molecule has 0 rings (SSSR count). The van der Waals surface area contributed by atoms with Crippen LogP contribution in [0.15, 0.2) is 0 Å². The molecule has 0 aliphatic rings. The molecule has 0 bridgehead atoms. The van der Waals surface area contributed by atoms with E-state index in [-0.39, 0.29) is 19.5 Å². The number of carbonyl (C=O) groups is 1. The Morgan fingerprint density at radius 2 is 2.33 bits per heavy atom. The zero-order chi connectivity index (χ0) is 7.70. The number of nitrogens with one attached hydrogen (secondary N) is 1. The van der Waals surface area contributed by atoms with Gasteiger partial charge in [-0.05, 0) is 6.92 Å². The molecule has 0 radical (unpaired) electrons. The number of ketones is 1. The fourth-order valence-electron chi connectivity index (χ4n) is 0.111. The van der Waals surface area contributed by atoms with Crippen LogP contribution in [0.4, 0.5) is 0 Å². The summed E-state index contributed by atoms with van der Waals surface area (Å²) in [4.78, 5) is 9.82. The number of rotatable bonds is 1. The Labute approximate surface area is 53.9 Å². The van der Waals surface area contributed by atoms with Gasteiger partial charge < -0.3 is 0 Å². The zero-order valence-electron chi connectivity index (χ0n) is 5.09. The van der Waals surface area contributed by atoms with Crippen LogP contribution < -0.4 is 0 Å². The van der Waals surface area contributed by atoms with Crippen LogP contribution in [0, 0.1) is 16.6 Å². The second kappa shape index (κ2) is 9.95. The summed E-state index contributed by atoms with van der Waals surface area (Å²) in [6, 6.07) is 1.72.